The number of aromatic amines is 1. The highest BCUT2D eigenvalue weighted by molar-refractivity contribution is 5.83. The number of H-pyrrole nitrogens is 1. The third kappa shape index (κ3) is 3.58. The molecule has 0 radical (unpaired) electrons. The highest BCUT2D eigenvalue weighted by Gasteiger charge is 2.19. The van der Waals surface area contributed by atoms with Crippen LogP contribution < -0.4 is 15.7 Å². The summed E-state index contributed by atoms with van der Waals surface area (Å²) in [5.41, 5.74) is 2.94. The van der Waals surface area contributed by atoms with Crippen LogP contribution in [0.25, 0.3) is 11.0 Å². The number of amides is 1. The summed E-state index contributed by atoms with van der Waals surface area (Å²) < 4.78 is 11.2. The average Bonchev–Trinajstić information content (AvgIpc) is 3.20. The van der Waals surface area contributed by atoms with Crippen molar-refractivity contribution in [3.63, 3.8) is 0 Å². The Hall–Kier alpha value is -3.09. The molecule has 2 heterocycles. The molecule has 0 saturated heterocycles. The van der Waals surface area contributed by atoms with Gasteiger partial charge in [-0.3, -0.25) is 9.89 Å². The number of nitrogens with one attached hydrogen (secondary N) is 2. The van der Waals surface area contributed by atoms with E-state index in [4.69, 9.17) is 9.15 Å². The van der Waals surface area contributed by atoms with Gasteiger partial charge in [0, 0.05) is 23.2 Å². The molecule has 1 aromatic carbocycles. The molecule has 7 nitrogen and oxygen atoms in total. The molecule has 3 aromatic rings. The minimum absolute atomic E-state index is 0.239. The Kier molecular flexibility index (Phi) is 4.66. The number of benzene rings is 1. The van der Waals surface area contributed by atoms with Crippen molar-refractivity contribution in [1.82, 2.24) is 15.5 Å². The van der Waals surface area contributed by atoms with Crippen LogP contribution in [0.5, 0.6) is 5.75 Å². The fraction of sp³-hybridized carbons (Fsp3) is 0.350. The van der Waals surface area contributed by atoms with Crippen LogP contribution in [0.4, 0.5) is 0 Å². The number of carbonyl (C=O) groups excluding carboxylic acids is 1. The number of carbonyl (C=O) groups is 1. The summed E-state index contributed by atoms with van der Waals surface area (Å²) in [6, 6.07) is 7.20. The number of nitrogens with zero attached hydrogens (tertiary/aromatic N) is 1. The lowest BCUT2D eigenvalue weighted by molar-refractivity contribution is -0.127. The van der Waals surface area contributed by atoms with Crippen molar-refractivity contribution in [1.29, 1.82) is 0 Å². The van der Waals surface area contributed by atoms with Gasteiger partial charge in [-0.2, -0.15) is 5.10 Å². The van der Waals surface area contributed by atoms with Gasteiger partial charge in [0.15, 0.2) is 6.10 Å². The SMILES string of the molecule is CC(Oc1ccc2c3c(c(=O)oc2c1)CCCC3)C(=O)NCc1ccn[nH]1. The standard InChI is InChI=1S/C20H21N3O4/c1-12(19(24)21-11-13-8-9-22-23-13)26-14-6-7-16-15-4-2-3-5-17(15)20(25)27-18(16)10-14/h6-10,12H,2-5,11H2,1H3,(H,21,24)(H,22,23). The summed E-state index contributed by atoms with van der Waals surface area (Å²) in [4.78, 5) is 24.4. The second-order valence-corrected chi connectivity index (χ2v) is 6.77. The molecule has 2 aromatic heterocycles. The van der Waals surface area contributed by atoms with Gasteiger partial charge in [-0.05, 0) is 56.4 Å². The van der Waals surface area contributed by atoms with Gasteiger partial charge < -0.3 is 14.5 Å². The van der Waals surface area contributed by atoms with Crippen LogP contribution in [0, 0.1) is 0 Å². The van der Waals surface area contributed by atoms with E-state index in [1.165, 1.54) is 0 Å². The second kappa shape index (κ2) is 7.26. The van der Waals surface area contributed by atoms with Gasteiger partial charge >= 0.3 is 5.63 Å². The number of aryl methyl sites for hydroxylation is 1. The first-order valence-corrected chi connectivity index (χ1v) is 9.13. The molecule has 0 fully saturated rings. The maximum atomic E-state index is 12.2. The molecule has 0 bridgehead atoms. The fourth-order valence-electron chi connectivity index (χ4n) is 3.47. The van der Waals surface area contributed by atoms with Crippen molar-refractivity contribution in [2.24, 2.45) is 0 Å². The van der Waals surface area contributed by atoms with Crippen LogP contribution in [0.1, 0.15) is 36.6 Å². The van der Waals surface area contributed by atoms with Crippen LogP contribution in [0.2, 0.25) is 0 Å². The van der Waals surface area contributed by atoms with Gasteiger partial charge in [0.2, 0.25) is 0 Å². The van der Waals surface area contributed by atoms with E-state index in [0.29, 0.717) is 17.9 Å². The predicted octanol–water partition coefficient (Wildman–Crippen LogP) is 2.48. The van der Waals surface area contributed by atoms with Crippen LogP contribution in [0.15, 0.2) is 39.7 Å². The largest absolute Gasteiger partial charge is 0.481 e. The lowest BCUT2D eigenvalue weighted by Crippen LogP contribution is -2.36. The van der Waals surface area contributed by atoms with Gasteiger partial charge in [0.05, 0.1) is 12.2 Å². The summed E-state index contributed by atoms with van der Waals surface area (Å²) in [7, 11) is 0. The summed E-state index contributed by atoms with van der Waals surface area (Å²) in [6.45, 7) is 2.03. The van der Waals surface area contributed by atoms with Crippen molar-refractivity contribution in [2.45, 2.75) is 45.3 Å². The average molecular weight is 367 g/mol. The Morgan fingerprint density at radius 2 is 2.11 bits per heavy atom. The lowest BCUT2D eigenvalue weighted by Gasteiger charge is -2.17. The zero-order valence-electron chi connectivity index (χ0n) is 15.1. The molecule has 1 atom stereocenters. The number of ether oxygens (including phenoxy) is 1. The lowest BCUT2D eigenvalue weighted by atomic mass is 9.91. The first kappa shape index (κ1) is 17.3. The van der Waals surface area contributed by atoms with E-state index in [2.05, 4.69) is 15.5 Å². The Balaban J connectivity index is 1.50. The molecule has 0 saturated carbocycles. The fourth-order valence-corrected chi connectivity index (χ4v) is 3.47. The third-order valence-corrected chi connectivity index (χ3v) is 4.89. The molecule has 1 amide bonds. The topological polar surface area (TPSA) is 97.2 Å². The van der Waals surface area contributed by atoms with E-state index in [1.807, 2.05) is 12.1 Å². The molecule has 27 heavy (non-hydrogen) atoms. The molecule has 2 N–H and O–H groups in total. The molecular weight excluding hydrogens is 346 g/mol. The Morgan fingerprint density at radius 1 is 1.30 bits per heavy atom. The quantitative estimate of drug-likeness (QED) is 0.675. The van der Waals surface area contributed by atoms with Crippen LogP contribution in [-0.2, 0) is 24.2 Å². The number of hydrogen-bond acceptors (Lipinski definition) is 5. The van der Waals surface area contributed by atoms with E-state index in [0.717, 1.165) is 47.9 Å². The maximum Gasteiger partial charge on any atom is 0.339 e. The number of rotatable bonds is 5. The van der Waals surface area contributed by atoms with Crippen molar-refractivity contribution in [2.75, 3.05) is 0 Å². The van der Waals surface area contributed by atoms with Crippen molar-refractivity contribution >= 4 is 16.9 Å². The zero-order chi connectivity index (χ0) is 18.8. The molecule has 4 rings (SSSR count). The predicted molar refractivity (Wildman–Crippen MR) is 99.7 cm³/mol. The monoisotopic (exact) mass is 367 g/mol. The van der Waals surface area contributed by atoms with Crippen molar-refractivity contribution in [3.05, 3.63) is 57.7 Å². The first-order valence-electron chi connectivity index (χ1n) is 9.13. The van der Waals surface area contributed by atoms with Crippen molar-refractivity contribution < 1.29 is 13.9 Å². The molecule has 1 aliphatic rings. The second-order valence-electron chi connectivity index (χ2n) is 6.77. The summed E-state index contributed by atoms with van der Waals surface area (Å²) >= 11 is 0. The normalized spacial score (nSPS) is 14.6. The Labute approximate surface area is 155 Å². The van der Waals surface area contributed by atoms with E-state index < -0.39 is 6.10 Å². The number of aromatic nitrogens is 2. The molecule has 140 valence electrons. The molecule has 1 aliphatic carbocycles. The van der Waals surface area contributed by atoms with E-state index in [-0.39, 0.29) is 11.5 Å². The minimum Gasteiger partial charge on any atom is -0.481 e. The van der Waals surface area contributed by atoms with Gasteiger partial charge in [-0.1, -0.05) is 0 Å². The summed E-state index contributed by atoms with van der Waals surface area (Å²) in [5, 5.41) is 10.4. The first-order chi connectivity index (χ1) is 13.1. The maximum absolute atomic E-state index is 12.2. The van der Waals surface area contributed by atoms with Crippen LogP contribution in [0.3, 0.4) is 0 Å². The van der Waals surface area contributed by atoms with E-state index >= 15 is 0 Å². The molecule has 1 unspecified atom stereocenters. The molecule has 0 aliphatic heterocycles. The summed E-state index contributed by atoms with van der Waals surface area (Å²) in [6.07, 6.45) is 4.72. The van der Waals surface area contributed by atoms with E-state index in [1.54, 1.807) is 25.3 Å². The minimum atomic E-state index is -0.685. The van der Waals surface area contributed by atoms with Gasteiger partial charge in [-0.15, -0.1) is 0 Å². The highest BCUT2D eigenvalue weighted by Crippen LogP contribution is 2.29. The van der Waals surface area contributed by atoms with Crippen LogP contribution >= 0.6 is 0 Å². The van der Waals surface area contributed by atoms with Gasteiger partial charge in [0.1, 0.15) is 11.3 Å². The Bertz CT molecular complexity index is 1020. The third-order valence-electron chi connectivity index (χ3n) is 4.89. The molecule has 7 heteroatoms. The van der Waals surface area contributed by atoms with Gasteiger partial charge in [0.25, 0.3) is 5.91 Å². The van der Waals surface area contributed by atoms with Crippen molar-refractivity contribution in [3.8, 4) is 5.75 Å². The highest BCUT2D eigenvalue weighted by atomic mass is 16.5. The smallest absolute Gasteiger partial charge is 0.339 e. The zero-order valence-corrected chi connectivity index (χ0v) is 15.1. The van der Waals surface area contributed by atoms with Gasteiger partial charge in [-0.25, -0.2) is 4.79 Å². The number of fused-ring (bicyclic) bond motifs is 3. The molecular formula is C20H21N3O4. The molecule has 0 spiro atoms. The summed E-state index contributed by atoms with van der Waals surface area (Å²) in [5.74, 6) is 0.252. The van der Waals surface area contributed by atoms with E-state index in [9.17, 15) is 9.59 Å². The Morgan fingerprint density at radius 3 is 2.89 bits per heavy atom. The number of hydrogen-bond donors (Lipinski definition) is 2. The van der Waals surface area contributed by atoms with Crippen LogP contribution in [-0.4, -0.2) is 22.2 Å².